The molecule has 4 nitrogen and oxygen atoms in total. The quantitative estimate of drug-likeness (QED) is 0.745. The molecule has 0 aliphatic heterocycles. The van der Waals surface area contributed by atoms with Crippen molar-refractivity contribution in [3.63, 3.8) is 0 Å². The van der Waals surface area contributed by atoms with Gasteiger partial charge in [-0.2, -0.15) is 4.98 Å². The molecule has 19 heavy (non-hydrogen) atoms. The van der Waals surface area contributed by atoms with Crippen LogP contribution in [0.5, 0.6) is 0 Å². The molecule has 0 amide bonds. The molecule has 110 valence electrons. The lowest BCUT2D eigenvalue weighted by Crippen LogP contribution is -2.28. The van der Waals surface area contributed by atoms with E-state index in [1.54, 1.807) is 6.26 Å². The van der Waals surface area contributed by atoms with E-state index in [2.05, 4.69) is 49.8 Å². The molecule has 4 heteroatoms. The van der Waals surface area contributed by atoms with Gasteiger partial charge in [-0.25, -0.2) is 0 Å². The molecule has 0 radical (unpaired) electrons. The Kier molecular flexibility index (Phi) is 6.92. The fourth-order valence-electron chi connectivity index (χ4n) is 1.86. The first-order valence-corrected chi connectivity index (χ1v) is 7.46. The van der Waals surface area contributed by atoms with Gasteiger partial charge in [-0.05, 0) is 25.3 Å². The molecule has 1 aromatic heterocycles. The van der Waals surface area contributed by atoms with Gasteiger partial charge < -0.3 is 14.6 Å². The number of hydrogen-bond donors (Lipinski definition) is 1. The van der Waals surface area contributed by atoms with E-state index in [-0.39, 0.29) is 0 Å². The highest BCUT2D eigenvalue weighted by Crippen LogP contribution is 2.16. The Bertz CT molecular complexity index is 349. The van der Waals surface area contributed by atoms with Crippen molar-refractivity contribution in [1.82, 2.24) is 10.3 Å². The molecular formula is C15H29N3O. The van der Waals surface area contributed by atoms with E-state index in [1.807, 2.05) is 0 Å². The monoisotopic (exact) mass is 267 g/mol. The summed E-state index contributed by atoms with van der Waals surface area (Å²) in [6.07, 6.45) is 2.95. The zero-order valence-electron chi connectivity index (χ0n) is 13.1. The fourth-order valence-corrected chi connectivity index (χ4v) is 1.86. The molecular weight excluding hydrogens is 238 g/mol. The van der Waals surface area contributed by atoms with Crippen molar-refractivity contribution >= 4 is 6.01 Å². The molecule has 0 saturated carbocycles. The number of hydrogen-bond acceptors (Lipinski definition) is 4. The molecule has 0 aromatic carbocycles. The molecule has 1 atom stereocenters. The maximum Gasteiger partial charge on any atom is 0.297 e. The topological polar surface area (TPSA) is 41.3 Å². The van der Waals surface area contributed by atoms with Crippen LogP contribution in [0.2, 0.25) is 0 Å². The van der Waals surface area contributed by atoms with Crippen molar-refractivity contribution in [2.75, 3.05) is 24.5 Å². The second-order valence-corrected chi connectivity index (χ2v) is 5.70. The predicted molar refractivity (Wildman–Crippen MR) is 80.4 cm³/mol. The molecule has 0 bridgehead atoms. The maximum atomic E-state index is 5.60. The van der Waals surface area contributed by atoms with Gasteiger partial charge in [-0.1, -0.05) is 34.1 Å². The van der Waals surface area contributed by atoms with Gasteiger partial charge in [0.1, 0.15) is 6.26 Å². The molecule has 1 unspecified atom stereocenters. The van der Waals surface area contributed by atoms with Crippen LogP contribution in [0.4, 0.5) is 6.01 Å². The lowest BCUT2D eigenvalue weighted by atomic mass is 10.1. The molecule has 1 N–H and O–H groups in total. The lowest BCUT2D eigenvalue weighted by Gasteiger charge is -2.21. The largest absolute Gasteiger partial charge is 0.432 e. The fraction of sp³-hybridized carbons (Fsp3) is 0.800. The van der Waals surface area contributed by atoms with Gasteiger partial charge in [0.2, 0.25) is 0 Å². The summed E-state index contributed by atoms with van der Waals surface area (Å²) in [6, 6.07) is 0.754. The van der Waals surface area contributed by atoms with Gasteiger partial charge in [-0.3, -0.25) is 0 Å². The minimum Gasteiger partial charge on any atom is -0.432 e. The standard InChI is InChI=1S/C15H29N3O/c1-6-13(5)10-18(7-2)15-17-14(11-19-15)9-16-8-12(3)4/h11-13,16H,6-10H2,1-5H3. The van der Waals surface area contributed by atoms with Crippen LogP contribution in [0.1, 0.15) is 46.7 Å². The molecule has 0 saturated heterocycles. The average molecular weight is 267 g/mol. The van der Waals surface area contributed by atoms with Crippen molar-refractivity contribution in [2.24, 2.45) is 11.8 Å². The summed E-state index contributed by atoms with van der Waals surface area (Å²) in [6.45, 7) is 14.7. The third kappa shape index (κ3) is 5.64. The highest BCUT2D eigenvalue weighted by Gasteiger charge is 2.13. The molecule has 1 heterocycles. The van der Waals surface area contributed by atoms with E-state index in [0.29, 0.717) is 11.8 Å². The first kappa shape index (κ1) is 16.0. The lowest BCUT2D eigenvalue weighted by molar-refractivity contribution is 0.489. The Labute approximate surface area is 117 Å². The van der Waals surface area contributed by atoms with E-state index in [1.165, 1.54) is 6.42 Å². The van der Waals surface area contributed by atoms with Crippen molar-refractivity contribution < 1.29 is 4.42 Å². The predicted octanol–water partition coefficient (Wildman–Crippen LogP) is 3.29. The zero-order chi connectivity index (χ0) is 14.3. The Morgan fingerprint density at radius 1 is 1.32 bits per heavy atom. The smallest absolute Gasteiger partial charge is 0.297 e. The van der Waals surface area contributed by atoms with Crippen molar-refractivity contribution in [2.45, 2.75) is 47.6 Å². The third-order valence-corrected chi connectivity index (χ3v) is 3.28. The van der Waals surface area contributed by atoms with Crippen molar-refractivity contribution in [1.29, 1.82) is 0 Å². The number of oxazole rings is 1. The molecule has 0 spiro atoms. The Balaban J connectivity index is 2.51. The zero-order valence-corrected chi connectivity index (χ0v) is 13.1. The molecule has 0 fully saturated rings. The first-order valence-electron chi connectivity index (χ1n) is 7.46. The van der Waals surface area contributed by atoms with Crippen LogP contribution in [-0.2, 0) is 6.54 Å². The van der Waals surface area contributed by atoms with E-state index >= 15 is 0 Å². The minimum absolute atomic E-state index is 0.656. The van der Waals surface area contributed by atoms with Gasteiger partial charge in [0.25, 0.3) is 6.01 Å². The number of nitrogens with zero attached hydrogens (tertiary/aromatic N) is 2. The molecule has 0 aliphatic carbocycles. The summed E-state index contributed by atoms with van der Waals surface area (Å²) in [5.41, 5.74) is 0.984. The third-order valence-electron chi connectivity index (χ3n) is 3.28. The van der Waals surface area contributed by atoms with E-state index in [4.69, 9.17) is 4.42 Å². The van der Waals surface area contributed by atoms with Crippen molar-refractivity contribution in [3.8, 4) is 0 Å². The summed E-state index contributed by atoms with van der Waals surface area (Å²) in [4.78, 5) is 6.77. The van der Waals surface area contributed by atoms with E-state index < -0.39 is 0 Å². The van der Waals surface area contributed by atoms with Crippen LogP contribution in [0.25, 0.3) is 0 Å². The van der Waals surface area contributed by atoms with Gasteiger partial charge in [0.05, 0.1) is 5.69 Å². The summed E-state index contributed by atoms with van der Waals surface area (Å²) in [7, 11) is 0. The Morgan fingerprint density at radius 2 is 2.05 bits per heavy atom. The summed E-state index contributed by atoms with van der Waals surface area (Å²) < 4.78 is 5.60. The SMILES string of the molecule is CCC(C)CN(CC)c1nc(CNCC(C)C)co1. The number of rotatable bonds is 9. The van der Waals surface area contributed by atoms with Crippen LogP contribution in [-0.4, -0.2) is 24.6 Å². The number of aromatic nitrogens is 1. The minimum atomic E-state index is 0.656. The van der Waals surface area contributed by atoms with E-state index in [0.717, 1.165) is 37.9 Å². The average Bonchev–Trinajstić information content (AvgIpc) is 2.83. The van der Waals surface area contributed by atoms with Gasteiger partial charge in [0, 0.05) is 19.6 Å². The first-order chi connectivity index (χ1) is 9.06. The number of nitrogens with one attached hydrogen (secondary N) is 1. The highest BCUT2D eigenvalue weighted by molar-refractivity contribution is 5.26. The maximum absolute atomic E-state index is 5.60. The summed E-state index contributed by atoms with van der Waals surface area (Å²) in [5, 5.41) is 3.38. The van der Waals surface area contributed by atoms with Crippen LogP contribution >= 0.6 is 0 Å². The van der Waals surface area contributed by atoms with Gasteiger partial charge >= 0.3 is 0 Å². The van der Waals surface area contributed by atoms with Crippen LogP contribution in [0.15, 0.2) is 10.7 Å². The second-order valence-electron chi connectivity index (χ2n) is 5.70. The van der Waals surface area contributed by atoms with Gasteiger partial charge in [-0.15, -0.1) is 0 Å². The molecule has 1 rings (SSSR count). The summed E-state index contributed by atoms with van der Waals surface area (Å²) >= 11 is 0. The highest BCUT2D eigenvalue weighted by atomic mass is 16.4. The molecule has 0 aliphatic rings. The van der Waals surface area contributed by atoms with Crippen LogP contribution < -0.4 is 10.2 Å². The Hall–Kier alpha value is -1.03. The molecule has 1 aromatic rings. The van der Waals surface area contributed by atoms with Crippen LogP contribution in [0, 0.1) is 11.8 Å². The normalized spacial score (nSPS) is 12.9. The van der Waals surface area contributed by atoms with E-state index in [9.17, 15) is 0 Å². The van der Waals surface area contributed by atoms with Crippen molar-refractivity contribution in [3.05, 3.63) is 12.0 Å². The number of anilines is 1. The second kappa shape index (κ2) is 8.20. The summed E-state index contributed by atoms with van der Waals surface area (Å²) in [5.74, 6) is 1.32. The van der Waals surface area contributed by atoms with Crippen LogP contribution in [0.3, 0.4) is 0 Å². The Morgan fingerprint density at radius 3 is 2.63 bits per heavy atom. The van der Waals surface area contributed by atoms with Gasteiger partial charge in [0.15, 0.2) is 0 Å².